The van der Waals surface area contributed by atoms with Crippen molar-refractivity contribution in [3.8, 4) is 21.9 Å². The summed E-state index contributed by atoms with van der Waals surface area (Å²) in [5.74, 6) is 1.11. The van der Waals surface area contributed by atoms with Crippen molar-refractivity contribution in [2.45, 2.75) is 25.7 Å². The van der Waals surface area contributed by atoms with E-state index in [9.17, 15) is 9.59 Å². The maximum absolute atomic E-state index is 11.4. The van der Waals surface area contributed by atoms with Gasteiger partial charge < -0.3 is 20.9 Å². The predicted molar refractivity (Wildman–Crippen MR) is 137 cm³/mol. The Kier molecular flexibility index (Phi) is 6.95. The second kappa shape index (κ2) is 9.91. The van der Waals surface area contributed by atoms with E-state index in [1.165, 1.54) is 22.5 Å². The Morgan fingerprint density at radius 1 is 0.971 bits per heavy atom. The van der Waals surface area contributed by atoms with Gasteiger partial charge in [-0.25, -0.2) is 0 Å². The van der Waals surface area contributed by atoms with Crippen molar-refractivity contribution in [1.29, 1.82) is 0 Å². The maximum atomic E-state index is 11.4. The molecule has 176 valence electrons. The SMILES string of the molecule is COc1ccc2c(c1)-c1sc(C(N)=O)c(N)c1CC2.COc1ccc2c(c1)C(Cl)=C(C=O)CC2. The van der Waals surface area contributed by atoms with E-state index in [0.717, 1.165) is 65.0 Å². The van der Waals surface area contributed by atoms with Gasteiger partial charge in [0.05, 0.1) is 24.9 Å². The summed E-state index contributed by atoms with van der Waals surface area (Å²) in [7, 11) is 3.26. The Morgan fingerprint density at radius 2 is 1.56 bits per heavy atom. The van der Waals surface area contributed by atoms with Crippen molar-refractivity contribution in [3.05, 3.63) is 69.1 Å². The topological polar surface area (TPSA) is 105 Å². The first-order valence-electron chi connectivity index (χ1n) is 10.8. The third-order valence-corrected chi connectivity index (χ3v) is 7.86. The highest BCUT2D eigenvalue weighted by molar-refractivity contribution is 7.18. The zero-order valence-corrected chi connectivity index (χ0v) is 20.5. The van der Waals surface area contributed by atoms with Gasteiger partial charge in [0.2, 0.25) is 0 Å². The number of hydrogen-bond acceptors (Lipinski definition) is 6. The van der Waals surface area contributed by atoms with Crippen LogP contribution in [0.5, 0.6) is 11.5 Å². The predicted octanol–water partition coefficient (Wildman–Crippen LogP) is 4.99. The number of rotatable bonds is 4. The molecular formula is C26H25ClN2O4S. The fourth-order valence-electron chi connectivity index (χ4n) is 4.27. The quantitative estimate of drug-likeness (QED) is 0.495. The number of anilines is 1. The number of halogens is 1. The minimum atomic E-state index is -0.457. The molecule has 1 amide bonds. The van der Waals surface area contributed by atoms with Crippen LogP contribution < -0.4 is 20.9 Å². The van der Waals surface area contributed by atoms with Crippen LogP contribution in [0.15, 0.2) is 42.0 Å². The standard InChI is InChI=1S/C14H14N2O2S.C12H11ClO2/c1-18-8-4-2-7-3-5-9-11(15)13(14(16)17)19-12(9)10(7)6-8;1-15-10-5-4-8-2-3-9(7-14)12(13)11(8)6-10/h2,4,6H,3,5,15H2,1H3,(H2,16,17);4-7H,2-3H2,1H3. The van der Waals surface area contributed by atoms with Crippen molar-refractivity contribution in [1.82, 2.24) is 0 Å². The van der Waals surface area contributed by atoms with Crippen LogP contribution in [0.2, 0.25) is 0 Å². The lowest BCUT2D eigenvalue weighted by Gasteiger charge is -2.17. The number of benzene rings is 2. The van der Waals surface area contributed by atoms with Gasteiger partial charge in [-0.3, -0.25) is 9.59 Å². The highest BCUT2D eigenvalue weighted by Gasteiger charge is 2.25. The number of nitrogen functional groups attached to an aromatic ring is 1. The van der Waals surface area contributed by atoms with Crippen molar-refractivity contribution in [3.63, 3.8) is 0 Å². The number of carbonyl (C=O) groups is 2. The number of thiophene rings is 1. The summed E-state index contributed by atoms with van der Waals surface area (Å²) in [6, 6.07) is 11.8. The molecule has 1 heterocycles. The molecule has 8 heteroatoms. The van der Waals surface area contributed by atoms with Crippen LogP contribution in [-0.4, -0.2) is 26.4 Å². The average Bonchev–Trinajstić information content (AvgIpc) is 3.21. The van der Waals surface area contributed by atoms with Gasteiger partial charge in [-0.1, -0.05) is 23.7 Å². The monoisotopic (exact) mass is 496 g/mol. The van der Waals surface area contributed by atoms with Crippen molar-refractivity contribution >= 4 is 45.9 Å². The number of aryl methyl sites for hydroxylation is 2. The number of methoxy groups -OCH3 is 2. The zero-order chi connectivity index (χ0) is 24.4. The summed E-state index contributed by atoms with van der Waals surface area (Å²) in [6.07, 6.45) is 4.20. The van der Waals surface area contributed by atoms with Gasteiger partial charge in [0, 0.05) is 16.0 Å². The van der Waals surface area contributed by atoms with E-state index in [2.05, 4.69) is 6.07 Å². The van der Waals surface area contributed by atoms with Crippen LogP contribution in [0.3, 0.4) is 0 Å². The number of primary amides is 1. The number of ether oxygens (including phenoxy) is 2. The normalized spacial score (nSPS) is 13.6. The number of carbonyl (C=O) groups excluding carboxylic acids is 2. The highest BCUT2D eigenvalue weighted by Crippen LogP contribution is 2.44. The third kappa shape index (κ3) is 4.41. The Balaban J connectivity index is 0.000000166. The number of aldehydes is 1. The molecule has 0 bridgehead atoms. The molecule has 0 radical (unpaired) electrons. The molecule has 2 aromatic carbocycles. The molecule has 1 aromatic heterocycles. The van der Waals surface area contributed by atoms with E-state index in [4.69, 9.17) is 32.5 Å². The van der Waals surface area contributed by atoms with Gasteiger partial charge in [0.25, 0.3) is 5.91 Å². The molecule has 0 atom stereocenters. The Labute approximate surface area is 207 Å². The minimum Gasteiger partial charge on any atom is -0.497 e. The lowest BCUT2D eigenvalue weighted by molar-refractivity contribution is -0.105. The fourth-order valence-corrected chi connectivity index (χ4v) is 5.75. The second-order valence-electron chi connectivity index (χ2n) is 8.02. The van der Waals surface area contributed by atoms with Crippen LogP contribution in [0, 0.1) is 0 Å². The molecule has 5 rings (SSSR count). The number of fused-ring (bicyclic) bond motifs is 4. The molecule has 0 fully saturated rings. The van der Waals surface area contributed by atoms with Crippen molar-refractivity contribution in [2.75, 3.05) is 20.0 Å². The summed E-state index contributed by atoms with van der Waals surface area (Å²) < 4.78 is 10.4. The molecule has 3 aromatic rings. The van der Waals surface area contributed by atoms with Crippen LogP contribution >= 0.6 is 22.9 Å². The molecule has 0 saturated carbocycles. The average molecular weight is 497 g/mol. The number of allylic oxidation sites excluding steroid dienone is 1. The van der Waals surface area contributed by atoms with Gasteiger partial charge in [-0.05, 0) is 72.2 Å². The largest absolute Gasteiger partial charge is 0.497 e. The van der Waals surface area contributed by atoms with E-state index in [1.54, 1.807) is 14.2 Å². The summed E-state index contributed by atoms with van der Waals surface area (Å²) in [4.78, 5) is 23.7. The summed E-state index contributed by atoms with van der Waals surface area (Å²) in [5.41, 5.74) is 18.1. The first kappa shape index (κ1) is 23.9. The van der Waals surface area contributed by atoms with Crippen molar-refractivity contribution in [2.24, 2.45) is 5.73 Å². The maximum Gasteiger partial charge on any atom is 0.260 e. The number of amides is 1. The summed E-state index contributed by atoms with van der Waals surface area (Å²) in [5, 5.41) is 0.560. The minimum absolute atomic E-state index is 0.457. The van der Waals surface area contributed by atoms with E-state index in [1.807, 2.05) is 30.3 Å². The first-order valence-corrected chi connectivity index (χ1v) is 12.0. The molecule has 0 unspecified atom stereocenters. The molecule has 2 aliphatic carbocycles. The molecule has 0 saturated heterocycles. The molecule has 0 aliphatic heterocycles. The van der Waals surface area contributed by atoms with Crippen LogP contribution in [0.1, 0.15) is 38.3 Å². The lowest BCUT2D eigenvalue weighted by Crippen LogP contribution is -2.11. The van der Waals surface area contributed by atoms with Gasteiger partial charge >= 0.3 is 0 Å². The Morgan fingerprint density at radius 3 is 2.15 bits per heavy atom. The fraction of sp³-hybridized carbons (Fsp3) is 0.231. The van der Waals surface area contributed by atoms with Crippen LogP contribution in [0.4, 0.5) is 5.69 Å². The molecule has 0 spiro atoms. The van der Waals surface area contributed by atoms with Crippen LogP contribution in [-0.2, 0) is 24.1 Å². The lowest BCUT2D eigenvalue weighted by atomic mass is 9.90. The van der Waals surface area contributed by atoms with Gasteiger partial charge in [-0.15, -0.1) is 11.3 Å². The van der Waals surface area contributed by atoms with Gasteiger partial charge in [0.15, 0.2) is 0 Å². The van der Waals surface area contributed by atoms with Crippen molar-refractivity contribution < 1.29 is 19.1 Å². The highest BCUT2D eigenvalue weighted by atomic mass is 35.5. The molecule has 34 heavy (non-hydrogen) atoms. The van der Waals surface area contributed by atoms with E-state index >= 15 is 0 Å². The van der Waals surface area contributed by atoms with Crippen LogP contribution in [0.25, 0.3) is 15.5 Å². The molecule has 2 aliphatic rings. The molecule has 6 nitrogen and oxygen atoms in total. The third-order valence-electron chi connectivity index (χ3n) is 6.12. The first-order chi connectivity index (χ1) is 16.4. The molecule has 4 N–H and O–H groups in total. The zero-order valence-electron chi connectivity index (χ0n) is 18.9. The second-order valence-corrected chi connectivity index (χ2v) is 9.42. The number of nitrogens with two attached hydrogens (primary N) is 2. The summed E-state index contributed by atoms with van der Waals surface area (Å²) >= 11 is 7.51. The molecular weight excluding hydrogens is 472 g/mol. The number of hydrogen-bond donors (Lipinski definition) is 2. The van der Waals surface area contributed by atoms with Gasteiger partial charge in [-0.2, -0.15) is 0 Å². The smallest absolute Gasteiger partial charge is 0.260 e. The van der Waals surface area contributed by atoms with E-state index < -0.39 is 5.91 Å². The van der Waals surface area contributed by atoms with E-state index in [0.29, 0.717) is 21.2 Å². The van der Waals surface area contributed by atoms with E-state index in [-0.39, 0.29) is 0 Å². The van der Waals surface area contributed by atoms with Gasteiger partial charge in [0.1, 0.15) is 22.7 Å². The Hall–Kier alpha value is -3.29. The Bertz CT molecular complexity index is 1310. The summed E-state index contributed by atoms with van der Waals surface area (Å²) in [6.45, 7) is 0.